The van der Waals surface area contributed by atoms with E-state index in [1.807, 2.05) is 65.5 Å². The predicted octanol–water partition coefficient (Wildman–Crippen LogP) is 3.28. The third-order valence-corrected chi connectivity index (χ3v) is 5.54. The Bertz CT molecular complexity index is 1470. The van der Waals surface area contributed by atoms with E-state index in [2.05, 4.69) is 22.2 Å². The number of nitrogens with zero attached hydrogens (tertiary/aromatic N) is 5. The van der Waals surface area contributed by atoms with Gasteiger partial charge in [-0.2, -0.15) is 5.10 Å². The average molecular weight is 456 g/mol. The highest BCUT2D eigenvalue weighted by atomic mass is 16.5. The number of aryl methyl sites for hydroxylation is 1. The van der Waals surface area contributed by atoms with Gasteiger partial charge in [-0.05, 0) is 36.8 Å². The lowest BCUT2D eigenvalue weighted by Crippen LogP contribution is -2.14. The van der Waals surface area contributed by atoms with Crippen molar-refractivity contribution in [1.29, 1.82) is 0 Å². The largest absolute Gasteiger partial charge is 0.476 e. The third kappa shape index (κ3) is 4.08. The summed E-state index contributed by atoms with van der Waals surface area (Å²) in [5.41, 5.74) is 10.1. The Morgan fingerprint density at radius 3 is 2.85 bits per heavy atom. The van der Waals surface area contributed by atoms with E-state index >= 15 is 0 Å². The van der Waals surface area contributed by atoms with Crippen LogP contribution < -0.4 is 15.8 Å². The summed E-state index contributed by atoms with van der Waals surface area (Å²) in [6.45, 7) is 3.37. The second kappa shape index (κ2) is 9.32. The first-order valence-electron chi connectivity index (χ1n) is 11.2. The SMILES string of the molecule is CCc1nn(Cc2cccc(OCCN)n2)c2cccc(NC(=O)c3cnc4ccccn34)c12. The molecule has 0 aliphatic rings. The molecule has 1 amide bonds. The van der Waals surface area contributed by atoms with E-state index in [0.717, 1.165) is 34.4 Å². The molecule has 0 atom stereocenters. The fourth-order valence-corrected chi connectivity index (χ4v) is 4.01. The zero-order chi connectivity index (χ0) is 23.5. The Morgan fingerprint density at radius 1 is 1.12 bits per heavy atom. The molecule has 0 saturated heterocycles. The molecule has 0 unspecified atom stereocenters. The number of aromatic nitrogens is 5. The van der Waals surface area contributed by atoms with Gasteiger partial charge in [0.15, 0.2) is 0 Å². The van der Waals surface area contributed by atoms with Gasteiger partial charge in [-0.3, -0.25) is 13.9 Å². The lowest BCUT2D eigenvalue weighted by Gasteiger charge is -2.09. The van der Waals surface area contributed by atoms with Crippen LogP contribution in [-0.4, -0.2) is 43.2 Å². The number of amides is 1. The van der Waals surface area contributed by atoms with Crippen molar-refractivity contribution in [2.45, 2.75) is 19.9 Å². The van der Waals surface area contributed by atoms with Crippen LogP contribution in [0.2, 0.25) is 0 Å². The maximum Gasteiger partial charge on any atom is 0.274 e. The fourth-order valence-electron chi connectivity index (χ4n) is 4.01. The van der Waals surface area contributed by atoms with Gasteiger partial charge in [0.2, 0.25) is 5.88 Å². The van der Waals surface area contributed by atoms with Crippen molar-refractivity contribution in [3.8, 4) is 5.88 Å². The van der Waals surface area contributed by atoms with Gasteiger partial charge in [-0.15, -0.1) is 0 Å². The molecular formula is C25H25N7O2. The van der Waals surface area contributed by atoms with Gasteiger partial charge in [0.1, 0.15) is 17.9 Å². The van der Waals surface area contributed by atoms with Crippen molar-refractivity contribution in [3.05, 3.63) is 84.1 Å². The van der Waals surface area contributed by atoms with Gasteiger partial charge in [0.25, 0.3) is 5.91 Å². The molecular weight excluding hydrogens is 430 g/mol. The van der Waals surface area contributed by atoms with Gasteiger partial charge in [0.05, 0.1) is 35.3 Å². The molecule has 34 heavy (non-hydrogen) atoms. The summed E-state index contributed by atoms with van der Waals surface area (Å²) in [4.78, 5) is 22.0. The van der Waals surface area contributed by atoms with Crippen LogP contribution in [0.4, 0.5) is 5.69 Å². The molecule has 172 valence electrons. The molecule has 3 N–H and O–H groups in total. The first kappa shape index (κ1) is 21.6. The zero-order valence-corrected chi connectivity index (χ0v) is 18.8. The van der Waals surface area contributed by atoms with Gasteiger partial charge in [-0.1, -0.05) is 25.1 Å². The zero-order valence-electron chi connectivity index (χ0n) is 18.8. The molecule has 5 rings (SSSR count). The minimum atomic E-state index is -0.229. The van der Waals surface area contributed by atoms with E-state index in [9.17, 15) is 4.79 Å². The molecule has 1 aromatic carbocycles. The van der Waals surface area contributed by atoms with E-state index in [-0.39, 0.29) is 5.91 Å². The van der Waals surface area contributed by atoms with Crippen LogP contribution in [0.3, 0.4) is 0 Å². The van der Waals surface area contributed by atoms with Crippen molar-refractivity contribution in [3.63, 3.8) is 0 Å². The number of anilines is 1. The van der Waals surface area contributed by atoms with Crippen molar-refractivity contribution in [2.75, 3.05) is 18.5 Å². The van der Waals surface area contributed by atoms with Crippen LogP contribution in [0.1, 0.15) is 28.8 Å². The van der Waals surface area contributed by atoms with E-state index in [4.69, 9.17) is 15.6 Å². The summed E-state index contributed by atoms with van der Waals surface area (Å²) < 4.78 is 9.23. The quantitative estimate of drug-likeness (QED) is 0.371. The van der Waals surface area contributed by atoms with Gasteiger partial charge < -0.3 is 15.8 Å². The Balaban J connectivity index is 1.47. The summed E-state index contributed by atoms with van der Waals surface area (Å²) in [5, 5.41) is 8.80. The number of ether oxygens (including phenoxy) is 1. The summed E-state index contributed by atoms with van der Waals surface area (Å²) >= 11 is 0. The van der Waals surface area contributed by atoms with Gasteiger partial charge in [-0.25, -0.2) is 9.97 Å². The fraction of sp³-hybridized carbons (Fsp3) is 0.200. The summed E-state index contributed by atoms with van der Waals surface area (Å²) in [6, 6.07) is 17.1. The number of carbonyl (C=O) groups is 1. The normalized spacial score (nSPS) is 11.2. The number of nitrogens with one attached hydrogen (secondary N) is 1. The molecule has 0 fully saturated rings. The van der Waals surface area contributed by atoms with Crippen LogP contribution in [0, 0.1) is 0 Å². The summed E-state index contributed by atoms with van der Waals surface area (Å²) in [5.74, 6) is 0.309. The molecule has 0 saturated carbocycles. The summed E-state index contributed by atoms with van der Waals surface area (Å²) in [7, 11) is 0. The van der Waals surface area contributed by atoms with Gasteiger partial charge in [0, 0.05) is 24.2 Å². The number of pyridine rings is 2. The molecule has 0 aliphatic carbocycles. The molecule has 5 aromatic rings. The highest BCUT2D eigenvalue weighted by molar-refractivity contribution is 6.08. The maximum absolute atomic E-state index is 13.1. The highest BCUT2D eigenvalue weighted by Crippen LogP contribution is 2.28. The second-order valence-corrected chi connectivity index (χ2v) is 7.79. The van der Waals surface area contributed by atoms with Gasteiger partial charge >= 0.3 is 0 Å². The number of nitrogens with two attached hydrogens (primary N) is 1. The molecule has 4 aromatic heterocycles. The molecule has 4 heterocycles. The number of imidazole rings is 1. The predicted molar refractivity (Wildman–Crippen MR) is 130 cm³/mol. The van der Waals surface area contributed by atoms with Crippen LogP contribution in [0.15, 0.2) is 67.0 Å². The highest BCUT2D eigenvalue weighted by Gasteiger charge is 2.18. The number of rotatable bonds is 8. The van der Waals surface area contributed by atoms with Crippen LogP contribution in [0.5, 0.6) is 5.88 Å². The van der Waals surface area contributed by atoms with Crippen molar-refractivity contribution in [2.24, 2.45) is 5.73 Å². The van der Waals surface area contributed by atoms with Crippen molar-refractivity contribution < 1.29 is 9.53 Å². The Labute approximate surface area is 196 Å². The smallest absolute Gasteiger partial charge is 0.274 e. The minimum absolute atomic E-state index is 0.229. The Morgan fingerprint density at radius 2 is 2.00 bits per heavy atom. The molecule has 9 heteroatoms. The molecule has 0 aliphatic heterocycles. The monoisotopic (exact) mass is 455 g/mol. The van der Waals surface area contributed by atoms with E-state index < -0.39 is 0 Å². The average Bonchev–Trinajstić information content (AvgIpc) is 3.45. The maximum atomic E-state index is 13.1. The standard InChI is InChI=1S/C25H25N7O2/c1-2-18-24-19(29-25(33)21-15-27-22-10-3-4-13-31(21)22)8-6-9-20(24)32(30-18)16-17-7-5-11-23(28-17)34-14-12-26/h3-11,13,15H,2,12,14,16,26H2,1H3,(H,29,33). The molecule has 0 bridgehead atoms. The van der Waals surface area contributed by atoms with Crippen LogP contribution in [-0.2, 0) is 13.0 Å². The minimum Gasteiger partial charge on any atom is -0.476 e. The summed E-state index contributed by atoms with van der Waals surface area (Å²) in [6.07, 6.45) is 4.13. The van der Waals surface area contributed by atoms with Crippen molar-refractivity contribution >= 4 is 28.1 Å². The number of hydrogen-bond donors (Lipinski definition) is 2. The number of hydrogen-bond acceptors (Lipinski definition) is 6. The Hall–Kier alpha value is -4.24. The first-order chi connectivity index (χ1) is 16.7. The van der Waals surface area contributed by atoms with Crippen LogP contribution in [0.25, 0.3) is 16.6 Å². The van der Waals surface area contributed by atoms with Crippen molar-refractivity contribution in [1.82, 2.24) is 24.1 Å². The van der Waals surface area contributed by atoms with E-state index in [1.54, 1.807) is 10.6 Å². The van der Waals surface area contributed by atoms with E-state index in [0.29, 0.717) is 37.0 Å². The molecule has 0 spiro atoms. The first-order valence-corrected chi connectivity index (χ1v) is 11.2. The molecule has 9 nitrogen and oxygen atoms in total. The van der Waals surface area contributed by atoms with E-state index in [1.165, 1.54) is 0 Å². The lowest BCUT2D eigenvalue weighted by molar-refractivity contribution is 0.102. The number of benzene rings is 1. The topological polar surface area (TPSA) is 112 Å². The lowest BCUT2D eigenvalue weighted by atomic mass is 10.1. The second-order valence-electron chi connectivity index (χ2n) is 7.79. The Kier molecular flexibility index (Phi) is 5.92. The molecule has 0 radical (unpaired) electrons. The van der Waals surface area contributed by atoms with Crippen LogP contribution >= 0.6 is 0 Å². The number of fused-ring (bicyclic) bond motifs is 2. The third-order valence-electron chi connectivity index (χ3n) is 5.54. The number of carbonyl (C=O) groups excluding carboxylic acids is 1.